The first-order valence-electron chi connectivity index (χ1n) is 5.32. The molecule has 0 aliphatic rings. The quantitative estimate of drug-likeness (QED) is 0.748. The number of aliphatic carboxylic acids is 1. The van der Waals surface area contributed by atoms with E-state index in [1.165, 1.54) is 0 Å². The van der Waals surface area contributed by atoms with Crippen LogP contribution >= 0.6 is 0 Å². The molecule has 1 aromatic carbocycles. The van der Waals surface area contributed by atoms with Gasteiger partial charge >= 0.3 is 5.97 Å². The normalized spacial score (nSPS) is 12.5. The number of carboxylic acid groups (broad SMARTS) is 1. The van der Waals surface area contributed by atoms with Gasteiger partial charge in [-0.05, 0) is 23.3 Å². The van der Waals surface area contributed by atoms with Crippen LogP contribution in [0, 0.1) is 0 Å². The van der Waals surface area contributed by atoms with Crippen LogP contribution in [0.3, 0.4) is 0 Å². The molecule has 0 spiro atoms. The second-order valence-corrected chi connectivity index (χ2v) is 3.97. The lowest BCUT2D eigenvalue weighted by atomic mass is 10.0. The first-order chi connectivity index (χ1) is 8.11. The number of rotatable bonds is 4. The fourth-order valence-electron chi connectivity index (χ4n) is 1.82. The zero-order chi connectivity index (χ0) is 12.4. The van der Waals surface area contributed by atoms with E-state index >= 15 is 0 Å². The van der Waals surface area contributed by atoms with Crippen molar-refractivity contribution in [2.45, 2.75) is 12.5 Å². The molecule has 4 heteroatoms. The molecule has 0 amide bonds. The Morgan fingerprint density at radius 1 is 1.59 bits per heavy atom. The summed E-state index contributed by atoms with van der Waals surface area (Å²) in [7, 11) is 0. The van der Waals surface area contributed by atoms with Gasteiger partial charge in [-0.3, -0.25) is 4.79 Å². The molecule has 1 unspecified atom stereocenters. The molecular weight excluding hydrogens is 216 g/mol. The fourth-order valence-corrected chi connectivity index (χ4v) is 1.82. The molecule has 17 heavy (non-hydrogen) atoms. The summed E-state index contributed by atoms with van der Waals surface area (Å²) >= 11 is 0. The summed E-state index contributed by atoms with van der Waals surface area (Å²) in [6, 6.07) is 5.00. The summed E-state index contributed by atoms with van der Waals surface area (Å²) in [4.78, 5) is 13.8. The molecule has 0 aliphatic carbocycles. The average molecular weight is 230 g/mol. The number of nitrogens with two attached hydrogens (primary N) is 1. The highest BCUT2D eigenvalue weighted by molar-refractivity contribution is 5.86. The lowest BCUT2D eigenvalue weighted by molar-refractivity contribution is -0.138. The monoisotopic (exact) mass is 230 g/mol. The number of carboxylic acids is 1. The molecule has 1 aromatic heterocycles. The molecule has 2 aromatic rings. The Bertz CT molecular complexity index is 572. The van der Waals surface area contributed by atoms with Crippen LogP contribution in [0.2, 0.25) is 0 Å². The summed E-state index contributed by atoms with van der Waals surface area (Å²) in [6.07, 6.45) is 3.88. The number of nitrogens with one attached hydrogen (secondary N) is 1. The van der Waals surface area contributed by atoms with Crippen molar-refractivity contribution < 1.29 is 9.90 Å². The minimum absolute atomic E-state index is 0.315. The maximum Gasteiger partial charge on any atom is 0.320 e. The molecule has 0 saturated heterocycles. The summed E-state index contributed by atoms with van der Waals surface area (Å²) < 4.78 is 0. The topological polar surface area (TPSA) is 79.1 Å². The van der Waals surface area contributed by atoms with Crippen molar-refractivity contribution in [3.05, 3.63) is 42.1 Å². The van der Waals surface area contributed by atoms with Crippen LogP contribution in [0.15, 0.2) is 31.0 Å². The molecule has 1 atom stereocenters. The van der Waals surface area contributed by atoms with E-state index in [0.29, 0.717) is 6.42 Å². The van der Waals surface area contributed by atoms with Crippen molar-refractivity contribution in [3.63, 3.8) is 0 Å². The number of hydrogen-bond donors (Lipinski definition) is 3. The Morgan fingerprint density at radius 2 is 2.35 bits per heavy atom. The number of aromatic nitrogens is 1. The summed E-state index contributed by atoms with van der Waals surface area (Å²) in [5, 5.41) is 9.80. The van der Waals surface area contributed by atoms with E-state index in [9.17, 15) is 4.79 Å². The van der Waals surface area contributed by atoms with E-state index in [-0.39, 0.29) is 0 Å². The Morgan fingerprint density at radius 3 is 3.00 bits per heavy atom. The molecule has 1 heterocycles. The minimum Gasteiger partial charge on any atom is -0.480 e. The van der Waals surface area contributed by atoms with Crippen molar-refractivity contribution in [1.82, 2.24) is 4.98 Å². The summed E-state index contributed by atoms with van der Waals surface area (Å²) in [5.74, 6) is -0.987. The molecule has 2 rings (SSSR count). The summed E-state index contributed by atoms with van der Waals surface area (Å²) in [5.41, 5.74) is 8.43. The minimum atomic E-state index is -0.987. The van der Waals surface area contributed by atoms with E-state index in [0.717, 1.165) is 22.0 Å². The SMILES string of the molecule is C=Cc1ccc2[nH]cc(CC(N)C(=O)O)c2c1. The Balaban J connectivity index is 2.40. The second kappa shape index (κ2) is 4.43. The van der Waals surface area contributed by atoms with Gasteiger partial charge in [0, 0.05) is 23.5 Å². The number of benzene rings is 1. The van der Waals surface area contributed by atoms with Gasteiger partial charge in [0.2, 0.25) is 0 Å². The van der Waals surface area contributed by atoms with Gasteiger partial charge in [0.25, 0.3) is 0 Å². The van der Waals surface area contributed by atoms with Gasteiger partial charge in [-0.2, -0.15) is 0 Å². The van der Waals surface area contributed by atoms with Crippen molar-refractivity contribution in [2.24, 2.45) is 5.73 Å². The van der Waals surface area contributed by atoms with E-state index in [4.69, 9.17) is 10.8 Å². The molecule has 4 N–H and O–H groups in total. The maximum absolute atomic E-state index is 10.7. The first kappa shape index (κ1) is 11.4. The molecular formula is C13H14N2O2. The molecule has 0 bridgehead atoms. The van der Waals surface area contributed by atoms with Crippen LogP contribution in [0.25, 0.3) is 17.0 Å². The third-order valence-electron chi connectivity index (χ3n) is 2.78. The van der Waals surface area contributed by atoms with E-state index in [1.54, 1.807) is 12.3 Å². The highest BCUT2D eigenvalue weighted by atomic mass is 16.4. The molecule has 0 fully saturated rings. The van der Waals surface area contributed by atoms with Crippen LogP contribution in [0.1, 0.15) is 11.1 Å². The third kappa shape index (κ3) is 2.21. The smallest absolute Gasteiger partial charge is 0.320 e. The van der Waals surface area contributed by atoms with Gasteiger partial charge in [0.15, 0.2) is 0 Å². The molecule has 0 radical (unpaired) electrons. The lowest BCUT2D eigenvalue weighted by Gasteiger charge is -2.05. The Hall–Kier alpha value is -2.07. The van der Waals surface area contributed by atoms with E-state index in [2.05, 4.69) is 11.6 Å². The fraction of sp³-hybridized carbons (Fsp3) is 0.154. The van der Waals surface area contributed by atoms with Crippen molar-refractivity contribution in [3.8, 4) is 0 Å². The second-order valence-electron chi connectivity index (χ2n) is 3.97. The summed E-state index contributed by atoms with van der Waals surface area (Å²) in [6.45, 7) is 3.71. The number of hydrogen-bond acceptors (Lipinski definition) is 2. The van der Waals surface area contributed by atoms with Crippen LogP contribution in [-0.2, 0) is 11.2 Å². The van der Waals surface area contributed by atoms with Crippen molar-refractivity contribution in [2.75, 3.05) is 0 Å². The first-order valence-corrected chi connectivity index (χ1v) is 5.32. The zero-order valence-electron chi connectivity index (χ0n) is 9.31. The number of H-pyrrole nitrogens is 1. The van der Waals surface area contributed by atoms with Crippen LogP contribution in [0.4, 0.5) is 0 Å². The predicted molar refractivity (Wildman–Crippen MR) is 67.7 cm³/mol. The molecule has 88 valence electrons. The van der Waals surface area contributed by atoms with Gasteiger partial charge in [-0.15, -0.1) is 0 Å². The van der Waals surface area contributed by atoms with Gasteiger partial charge in [-0.25, -0.2) is 0 Å². The van der Waals surface area contributed by atoms with Gasteiger partial charge in [-0.1, -0.05) is 18.7 Å². The van der Waals surface area contributed by atoms with Gasteiger partial charge in [0.05, 0.1) is 0 Å². The highest BCUT2D eigenvalue weighted by Crippen LogP contribution is 2.21. The van der Waals surface area contributed by atoms with Gasteiger partial charge < -0.3 is 15.8 Å². The lowest BCUT2D eigenvalue weighted by Crippen LogP contribution is -2.32. The highest BCUT2D eigenvalue weighted by Gasteiger charge is 2.14. The predicted octanol–water partition coefficient (Wildman–Crippen LogP) is 1.77. The zero-order valence-corrected chi connectivity index (χ0v) is 9.31. The maximum atomic E-state index is 10.7. The van der Waals surface area contributed by atoms with E-state index < -0.39 is 12.0 Å². The largest absolute Gasteiger partial charge is 0.480 e. The number of aromatic amines is 1. The van der Waals surface area contributed by atoms with Crippen LogP contribution in [-0.4, -0.2) is 22.1 Å². The van der Waals surface area contributed by atoms with Crippen LogP contribution in [0.5, 0.6) is 0 Å². The Labute approximate surface area is 98.8 Å². The Kier molecular flexibility index (Phi) is 2.97. The number of carbonyl (C=O) groups is 1. The van der Waals surface area contributed by atoms with Crippen molar-refractivity contribution in [1.29, 1.82) is 0 Å². The van der Waals surface area contributed by atoms with Crippen LogP contribution < -0.4 is 5.73 Å². The van der Waals surface area contributed by atoms with Crippen molar-refractivity contribution >= 4 is 22.9 Å². The third-order valence-corrected chi connectivity index (χ3v) is 2.78. The molecule has 4 nitrogen and oxygen atoms in total. The standard InChI is InChI=1S/C13H14N2O2/c1-2-8-3-4-12-10(5-8)9(7-15-12)6-11(14)13(16)17/h2-5,7,11,15H,1,6,14H2,(H,16,17). The van der Waals surface area contributed by atoms with Gasteiger partial charge in [0.1, 0.15) is 6.04 Å². The number of fused-ring (bicyclic) bond motifs is 1. The molecule has 0 aliphatic heterocycles. The average Bonchev–Trinajstić information content (AvgIpc) is 2.71. The van der Waals surface area contributed by atoms with E-state index in [1.807, 2.05) is 18.2 Å². The molecule has 0 saturated carbocycles.